The Bertz CT molecular complexity index is 1630. The number of amides is 1. The number of phenolic OH excluding ortho intramolecular Hbond substituents is 1. The number of hydrogen-bond donors (Lipinski definition) is 6. The van der Waals surface area contributed by atoms with E-state index in [1.165, 1.54) is 4.90 Å². The van der Waals surface area contributed by atoms with Crippen molar-refractivity contribution in [1.82, 2.24) is 10.2 Å². The molecular formula is C32H38N4O8. The van der Waals surface area contributed by atoms with Crippen LogP contribution in [0.2, 0.25) is 0 Å². The Morgan fingerprint density at radius 3 is 2.43 bits per heavy atom. The van der Waals surface area contributed by atoms with Crippen molar-refractivity contribution < 1.29 is 39.5 Å². The summed E-state index contributed by atoms with van der Waals surface area (Å²) in [4.78, 5) is 42.9. The fraction of sp³-hybridized carbons (Fsp3) is 0.406. The normalized spacial score (nSPS) is 24.7. The van der Waals surface area contributed by atoms with Crippen LogP contribution >= 0.6 is 0 Å². The summed E-state index contributed by atoms with van der Waals surface area (Å²) >= 11 is 0. The Morgan fingerprint density at radius 2 is 1.82 bits per heavy atom. The van der Waals surface area contributed by atoms with Crippen molar-refractivity contribution in [3.8, 4) is 11.5 Å². The van der Waals surface area contributed by atoms with Gasteiger partial charge in [-0.15, -0.1) is 0 Å². The van der Waals surface area contributed by atoms with Crippen molar-refractivity contribution in [3.05, 3.63) is 69.5 Å². The van der Waals surface area contributed by atoms with Crippen molar-refractivity contribution in [3.63, 3.8) is 0 Å². The Balaban J connectivity index is 1.59. The summed E-state index contributed by atoms with van der Waals surface area (Å²) in [7, 11) is 8.39. The van der Waals surface area contributed by atoms with Gasteiger partial charge in [0, 0.05) is 49.9 Å². The average molecular weight is 607 g/mol. The molecule has 3 aliphatic rings. The summed E-state index contributed by atoms with van der Waals surface area (Å²) < 4.78 is 5.28. The summed E-state index contributed by atoms with van der Waals surface area (Å²) in [6, 6.07) is 8.23. The number of aliphatic hydroxyl groups excluding tert-OH is 2. The van der Waals surface area contributed by atoms with Crippen LogP contribution < -0.4 is 20.7 Å². The molecular weight excluding hydrogens is 568 g/mol. The summed E-state index contributed by atoms with van der Waals surface area (Å²) in [6.45, 7) is 0.688. The number of ketones is 2. The van der Waals surface area contributed by atoms with Crippen LogP contribution in [0.1, 0.15) is 28.7 Å². The lowest BCUT2D eigenvalue weighted by atomic mass is 9.57. The second-order valence-electron chi connectivity index (χ2n) is 12.1. The molecule has 1 saturated carbocycles. The van der Waals surface area contributed by atoms with Crippen molar-refractivity contribution in [1.29, 1.82) is 0 Å². The summed E-state index contributed by atoms with van der Waals surface area (Å²) in [6.07, 6.45) is 0.246. The van der Waals surface area contributed by atoms with E-state index in [2.05, 4.69) is 5.32 Å². The number of phenols is 1. The molecule has 44 heavy (non-hydrogen) atoms. The number of benzene rings is 2. The number of ether oxygens (including phenoxy) is 1. The number of nitrogens with one attached hydrogen (secondary N) is 1. The highest BCUT2D eigenvalue weighted by Gasteiger charge is 2.64. The second-order valence-corrected chi connectivity index (χ2v) is 12.1. The lowest BCUT2D eigenvalue weighted by Gasteiger charge is -2.50. The van der Waals surface area contributed by atoms with E-state index < -0.39 is 58.0 Å². The summed E-state index contributed by atoms with van der Waals surface area (Å²) in [5.41, 5.74) is 4.52. The first kappa shape index (κ1) is 31.0. The van der Waals surface area contributed by atoms with Gasteiger partial charge in [-0.25, -0.2) is 0 Å². The number of methoxy groups -OCH3 is 1. The lowest BCUT2D eigenvalue weighted by Crippen LogP contribution is -2.65. The van der Waals surface area contributed by atoms with Gasteiger partial charge in [0.15, 0.2) is 11.4 Å². The first-order valence-corrected chi connectivity index (χ1v) is 14.3. The van der Waals surface area contributed by atoms with Gasteiger partial charge in [-0.1, -0.05) is 12.1 Å². The van der Waals surface area contributed by atoms with E-state index in [0.717, 1.165) is 11.3 Å². The average Bonchev–Trinajstić information content (AvgIpc) is 2.95. The van der Waals surface area contributed by atoms with Gasteiger partial charge in [0.1, 0.15) is 28.6 Å². The quantitative estimate of drug-likeness (QED) is 0.238. The molecule has 4 atom stereocenters. The number of anilines is 1. The van der Waals surface area contributed by atoms with Crippen molar-refractivity contribution in [2.75, 3.05) is 40.2 Å². The van der Waals surface area contributed by atoms with Crippen LogP contribution in [-0.2, 0) is 33.9 Å². The molecule has 0 radical (unpaired) electrons. The lowest BCUT2D eigenvalue weighted by molar-refractivity contribution is -0.153. The number of Topliss-reactive ketones (excluding diaryl/α,β-unsaturated/α-hetero) is 2. The molecule has 0 spiro atoms. The molecule has 1 unspecified atom stereocenters. The topological polar surface area (TPSA) is 186 Å². The summed E-state index contributed by atoms with van der Waals surface area (Å²) in [5.74, 6) is -6.00. The van der Waals surface area contributed by atoms with Crippen LogP contribution in [-0.4, -0.2) is 89.7 Å². The molecule has 7 N–H and O–H groups in total. The predicted octanol–water partition coefficient (Wildman–Crippen LogP) is 1.33. The van der Waals surface area contributed by atoms with E-state index >= 15 is 0 Å². The number of hydrogen-bond acceptors (Lipinski definition) is 11. The molecule has 234 valence electrons. The van der Waals surface area contributed by atoms with Crippen molar-refractivity contribution in [2.45, 2.75) is 37.6 Å². The maximum absolute atomic E-state index is 14.1. The van der Waals surface area contributed by atoms with Crippen molar-refractivity contribution in [2.24, 2.45) is 17.6 Å². The van der Waals surface area contributed by atoms with Crippen LogP contribution in [0, 0.1) is 11.8 Å². The van der Waals surface area contributed by atoms with E-state index in [9.17, 15) is 34.8 Å². The van der Waals surface area contributed by atoms with Gasteiger partial charge in [0.05, 0.1) is 18.7 Å². The molecule has 12 nitrogen and oxygen atoms in total. The Labute approximate surface area is 255 Å². The van der Waals surface area contributed by atoms with Gasteiger partial charge in [-0.3, -0.25) is 19.3 Å². The first-order valence-electron chi connectivity index (χ1n) is 14.3. The van der Waals surface area contributed by atoms with Gasteiger partial charge >= 0.3 is 0 Å². The van der Waals surface area contributed by atoms with E-state index in [-0.39, 0.29) is 36.3 Å². The third kappa shape index (κ3) is 4.70. The second kappa shape index (κ2) is 11.3. The molecule has 0 saturated heterocycles. The number of aliphatic hydroxyl groups is 3. The monoisotopic (exact) mass is 606 g/mol. The minimum atomic E-state index is -2.68. The van der Waals surface area contributed by atoms with E-state index in [4.69, 9.17) is 10.5 Å². The molecule has 5 rings (SSSR count). The zero-order valence-corrected chi connectivity index (χ0v) is 25.3. The van der Waals surface area contributed by atoms with Gasteiger partial charge in [-0.05, 0) is 62.2 Å². The minimum absolute atomic E-state index is 0.0310. The molecule has 1 fully saturated rings. The number of fused-ring (bicyclic) bond motifs is 3. The Kier molecular flexibility index (Phi) is 7.95. The highest BCUT2D eigenvalue weighted by atomic mass is 16.5. The van der Waals surface area contributed by atoms with Gasteiger partial charge in [0.2, 0.25) is 5.78 Å². The molecule has 2 aromatic rings. The van der Waals surface area contributed by atoms with Gasteiger partial charge in [-0.2, -0.15) is 0 Å². The fourth-order valence-corrected chi connectivity index (χ4v) is 7.00. The van der Waals surface area contributed by atoms with Crippen LogP contribution in [0.3, 0.4) is 0 Å². The molecule has 0 bridgehead atoms. The third-order valence-electron chi connectivity index (χ3n) is 9.04. The molecule has 0 aromatic heterocycles. The molecule has 2 aromatic carbocycles. The van der Waals surface area contributed by atoms with Crippen LogP contribution in [0.15, 0.2) is 47.2 Å². The summed E-state index contributed by atoms with van der Waals surface area (Å²) in [5, 5.41) is 49.3. The highest BCUT2D eigenvalue weighted by Crippen LogP contribution is 2.54. The zero-order valence-electron chi connectivity index (χ0n) is 25.3. The number of likely N-dealkylation sites (N-methyl/N-ethyl adjacent to an activating group) is 1. The number of rotatable bonds is 8. The number of aromatic hydroxyl groups is 1. The first-order chi connectivity index (χ1) is 20.7. The Morgan fingerprint density at radius 1 is 1.11 bits per heavy atom. The van der Waals surface area contributed by atoms with Crippen LogP contribution in [0.25, 0.3) is 5.76 Å². The van der Waals surface area contributed by atoms with Crippen LogP contribution in [0.4, 0.5) is 5.69 Å². The Hall–Kier alpha value is -4.39. The standard InChI is InChI=1S/C32H38N4O8/c1-35(2)21-12-17(14-34-13-15-7-6-8-18(9-15)44-5)26(37)23-19(21)10-16-11-20-25(36(3)4)28(39)24(31(33)42)30(41)32(20,43)29(40)22(16)27(23)38/h6-9,12,16,20,25,34,37-38,41,43H,10-11,13-14H2,1-5H3,(H2,33,42)/t16-,20-,25?,32-/m1/s1. The van der Waals surface area contributed by atoms with Crippen LogP contribution in [0.5, 0.6) is 11.5 Å². The predicted molar refractivity (Wildman–Crippen MR) is 162 cm³/mol. The number of nitrogens with zero attached hydrogens (tertiary/aromatic N) is 2. The minimum Gasteiger partial charge on any atom is -0.508 e. The number of nitrogens with two attached hydrogens (primary N) is 1. The maximum Gasteiger partial charge on any atom is 0.255 e. The van der Waals surface area contributed by atoms with E-state index in [1.54, 1.807) is 21.2 Å². The number of carbonyl (C=O) groups excluding carboxylic acids is 3. The molecule has 12 heteroatoms. The van der Waals surface area contributed by atoms with E-state index in [1.807, 2.05) is 49.3 Å². The van der Waals surface area contributed by atoms with Gasteiger partial charge in [0.25, 0.3) is 5.91 Å². The molecule has 0 aliphatic heterocycles. The van der Waals surface area contributed by atoms with E-state index in [0.29, 0.717) is 23.4 Å². The fourth-order valence-electron chi connectivity index (χ4n) is 7.00. The third-order valence-corrected chi connectivity index (χ3v) is 9.04. The zero-order chi connectivity index (χ0) is 32.2. The maximum atomic E-state index is 14.1. The SMILES string of the molecule is COc1cccc(CNCc2cc(N(C)C)c3c(c2O)C(O)=C2C(=O)[C@@]4(O)C(O)=C(C(N)=O)C(=O)C(N(C)C)[C@H]4C[C@H]2C3)c1. The van der Waals surface area contributed by atoms with Crippen molar-refractivity contribution >= 4 is 28.9 Å². The smallest absolute Gasteiger partial charge is 0.255 e. The number of carbonyl (C=O) groups is 3. The highest BCUT2D eigenvalue weighted by molar-refractivity contribution is 6.24. The number of primary amides is 1. The molecule has 1 amide bonds. The molecule has 0 heterocycles. The largest absolute Gasteiger partial charge is 0.508 e. The van der Waals surface area contributed by atoms with Gasteiger partial charge < -0.3 is 41.1 Å². The molecule has 3 aliphatic carbocycles.